The highest BCUT2D eigenvalue weighted by Crippen LogP contribution is 2.30. The summed E-state index contributed by atoms with van der Waals surface area (Å²) in [6, 6.07) is 11.6. The fraction of sp³-hybridized carbons (Fsp3) is 0.250. The Balaban J connectivity index is 1.51. The number of thiazole rings is 1. The molecular formula is C20H19ClN4OS. The van der Waals surface area contributed by atoms with E-state index in [1.165, 1.54) is 11.3 Å². The second-order valence-corrected chi connectivity index (χ2v) is 7.66. The van der Waals surface area contributed by atoms with Crippen molar-refractivity contribution in [3.05, 3.63) is 70.5 Å². The SMILES string of the molecule is O=C(Cc1csc(-c2ccccc2Cl)n1)N1CCNCC1c1cccnc1. The minimum absolute atomic E-state index is 0.00150. The molecule has 0 saturated carbocycles. The molecule has 1 N–H and O–H groups in total. The Bertz CT molecular complexity index is 930. The van der Waals surface area contributed by atoms with Gasteiger partial charge in [-0.25, -0.2) is 4.98 Å². The van der Waals surface area contributed by atoms with Crippen LogP contribution in [0.1, 0.15) is 17.3 Å². The molecule has 27 heavy (non-hydrogen) atoms. The minimum atomic E-state index is 0.00150. The van der Waals surface area contributed by atoms with Crippen molar-refractivity contribution in [2.75, 3.05) is 19.6 Å². The van der Waals surface area contributed by atoms with Crippen molar-refractivity contribution in [2.24, 2.45) is 0 Å². The first kappa shape index (κ1) is 18.1. The normalized spacial score (nSPS) is 17.1. The minimum Gasteiger partial charge on any atom is -0.333 e. The first-order valence-corrected chi connectivity index (χ1v) is 10.1. The Hall–Kier alpha value is -2.28. The first-order valence-electron chi connectivity index (χ1n) is 8.82. The van der Waals surface area contributed by atoms with Crippen molar-refractivity contribution in [1.29, 1.82) is 0 Å². The van der Waals surface area contributed by atoms with Crippen LogP contribution in [0.2, 0.25) is 5.02 Å². The van der Waals surface area contributed by atoms with Crippen LogP contribution in [0.15, 0.2) is 54.2 Å². The zero-order valence-corrected chi connectivity index (χ0v) is 16.2. The van der Waals surface area contributed by atoms with Crippen LogP contribution in [0.25, 0.3) is 10.6 Å². The number of benzene rings is 1. The molecule has 1 aromatic carbocycles. The van der Waals surface area contributed by atoms with Crippen LogP contribution in [0.3, 0.4) is 0 Å². The molecule has 3 aromatic rings. The van der Waals surface area contributed by atoms with Crippen LogP contribution in [-0.2, 0) is 11.2 Å². The highest BCUT2D eigenvalue weighted by Gasteiger charge is 2.28. The van der Waals surface area contributed by atoms with Crippen LogP contribution in [0, 0.1) is 0 Å². The van der Waals surface area contributed by atoms with Crippen molar-refractivity contribution in [1.82, 2.24) is 20.2 Å². The molecule has 138 valence electrons. The van der Waals surface area contributed by atoms with Gasteiger partial charge >= 0.3 is 0 Å². The van der Waals surface area contributed by atoms with Crippen molar-refractivity contribution in [3.63, 3.8) is 0 Å². The third-order valence-corrected chi connectivity index (χ3v) is 5.88. The highest BCUT2D eigenvalue weighted by molar-refractivity contribution is 7.13. The lowest BCUT2D eigenvalue weighted by atomic mass is 10.0. The average molecular weight is 399 g/mol. The fourth-order valence-electron chi connectivity index (χ4n) is 3.28. The van der Waals surface area contributed by atoms with E-state index in [9.17, 15) is 4.79 Å². The van der Waals surface area contributed by atoms with Gasteiger partial charge in [0, 0.05) is 43.0 Å². The van der Waals surface area contributed by atoms with Gasteiger partial charge in [0.05, 0.1) is 23.2 Å². The zero-order valence-electron chi connectivity index (χ0n) is 14.6. The number of nitrogens with zero attached hydrogens (tertiary/aromatic N) is 3. The van der Waals surface area contributed by atoms with Gasteiger partial charge in [-0.15, -0.1) is 11.3 Å². The lowest BCUT2D eigenvalue weighted by Gasteiger charge is -2.36. The number of nitrogens with one attached hydrogen (secondary N) is 1. The van der Waals surface area contributed by atoms with Gasteiger partial charge in [0.25, 0.3) is 0 Å². The summed E-state index contributed by atoms with van der Waals surface area (Å²) >= 11 is 7.78. The van der Waals surface area contributed by atoms with Gasteiger partial charge in [-0.05, 0) is 17.7 Å². The second-order valence-electron chi connectivity index (χ2n) is 6.39. The molecule has 1 saturated heterocycles. The summed E-state index contributed by atoms with van der Waals surface area (Å²) in [6.45, 7) is 2.21. The van der Waals surface area contributed by atoms with Gasteiger partial charge in [0.15, 0.2) is 0 Å². The molecule has 1 amide bonds. The van der Waals surface area contributed by atoms with E-state index in [4.69, 9.17) is 11.6 Å². The number of aromatic nitrogens is 2. The summed E-state index contributed by atoms with van der Waals surface area (Å²) in [5.41, 5.74) is 2.73. The summed E-state index contributed by atoms with van der Waals surface area (Å²) in [6.07, 6.45) is 3.87. The number of amides is 1. The van der Waals surface area contributed by atoms with Gasteiger partial charge < -0.3 is 10.2 Å². The molecule has 5 nitrogen and oxygen atoms in total. The Morgan fingerprint density at radius 2 is 2.19 bits per heavy atom. The number of carbonyl (C=O) groups excluding carboxylic acids is 1. The van der Waals surface area contributed by atoms with Crippen molar-refractivity contribution < 1.29 is 4.79 Å². The second kappa shape index (κ2) is 8.17. The van der Waals surface area contributed by atoms with Crippen LogP contribution < -0.4 is 5.32 Å². The molecule has 3 heterocycles. The average Bonchev–Trinajstić information content (AvgIpc) is 3.17. The van der Waals surface area contributed by atoms with Crippen molar-refractivity contribution in [2.45, 2.75) is 12.5 Å². The number of halogens is 1. The summed E-state index contributed by atoms with van der Waals surface area (Å²) < 4.78 is 0. The molecule has 2 aromatic heterocycles. The standard InChI is InChI=1S/C20H19ClN4OS/c21-17-6-2-1-5-16(17)20-24-15(13-27-20)10-19(26)25-9-8-23-12-18(25)14-4-3-7-22-11-14/h1-7,11,13,18,23H,8-10,12H2. The largest absolute Gasteiger partial charge is 0.333 e. The monoisotopic (exact) mass is 398 g/mol. The number of hydrogen-bond acceptors (Lipinski definition) is 5. The van der Waals surface area contributed by atoms with Crippen molar-refractivity contribution >= 4 is 28.8 Å². The van der Waals surface area contributed by atoms with E-state index in [0.29, 0.717) is 11.6 Å². The first-order chi connectivity index (χ1) is 13.2. The summed E-state index contributed by atoms with van der Waals surface area (Å²) in [5, 5.41) is 6.82. The van der Waals surface area contributed by atoms with Gasteiger partial charge in [-0.1, -0.05) is 35.9 Å². The van der Waals surface area contributed by atoms with Crippen LogP contribution in [0.4, 0.5) is 0 Å². The predicted octanol–water partition coefficient (Wildman–Crippen LogP) is 3.57. The third kappa shape index (κ3) is 4.03. The van der Waals surface area contributed by atoms with Crippen LogP contribution >= 0.6 is 22.9 Å². The molecule has 7 heteroatoms. The molecule has 1 aliphatic heterocycles. The van der Waals surface area contributed by atoms with E-state index in [2.05, 4.69) is 15.3 Å². The van der Waals surface area contributed by atoms with Gasteiger partial charge in [-0.3, -0.25) is 9.78 Å². The fourth-order valence-corrected chi connectivity index (χ4v) is 4.42. The number of rotatable bonds is 4. The number of carbonyl (C=O) groups is 1. The third-order valence-electron chi connectivity index (χ3n) is 4.62. The predicted molar refractivity (Wildman–Crippen MR) is 108 cm³/mol. The lowest BCUT2D eigenvalue weighted by molar-refractivity contribution is -0.133. The maximum atomic E-state index is 13.0. The molecule has 4 rings (SSSR count). The van der Waals surface area contributed by atoms with E-state index in [0.717, 1.165) is 34.9 Å². The molecular weight excluding hydrogens is 380 g/mol. The summed E-state index contributed by atoms with van der Waals surface area (Å²) in [4.78, 5) is 23.7. The molecule has 1 unspecified atom stereocenters. The van der Waals surface area contributed by atoms with Gasteiger partial charge in [0.2, 0.25) is 5.91 Å². The summed E-state index contributed by atoms with van der Waals surface area (Å²) in [7, 11) is 0. The number of piperazine rings is 1. The number of pyridine rings is 1. The lowest BCUT2D eigenvalue weighted by Crippen LogP contribution is -2.49. The van der Waals surface area contributed by atoms with E-state index in [1.807, 2.05) is 52.9 Å². The smallest absolute Gasteiger partial charge is 0.229 e. The Morgan fingerprint density at radius 3 is 3.00 bits per heavy atom. The zero-order chi connectivity index (χ0) is 18.6. The van der Waals surface area contributed by atoms with Crippen LogP contribution in [-0.4, -0.2) is 40.4 Å². The molecule has 0 radical (unpaired) electrons. The Kier molecular flexibility index (Phi) is 5.48. The molecule has 1 aliphatic rings. The Labute approximate surface area is 167 Å². The van der Waals surface area contributed by atoms with Crippen LogP contribution in [0.5, 0.6) is 0 Å². The van der Waals surface area contributed by atoms with Gasteiger partial charge in [0.1, 0.15) is 5.01 Å². The van der Waals surface area contributed by atoms with Gasteiger partial charge in [-0.2, -0.15) is 0 Å². The quantitative estimate of drug-likeness (QED) is 0.729. The molecule has 0 bridgehead atoms. The number of hydrogen-bond donors (Lipinski definition) is 1. The Morgan fingerprint density at radius 1 is 1.30 bits per heavy atom. The molecule has 1 atom stereocenters. The summed E-state index contributed by atoms with van der Waals surface area (Å²) in [5.74, 6) is 0.0846. The van der Waals surface area contributed by atoms with E-state index < -0.39 is 0 Å². The maximum absolute atomic E-state index is 13.0. The maximum Gasteiger partial charge on any atom is 0.229 e. The van der Waals surface area contributed by atoms with E-state index >= 15 is 0 Å². The van der Waals surface area contributed by atoms with E-state index in [-0.39, 0.29) is 18.4 Å². The molecule has 1 fully saturated rings. The molecule has 0 aliphatic carbocycles. The van der Waals surface area contributed by atoms with Crippen molar-refractivity contribution in [3.8, 4) is 10.6 Å². The highest BCUT2D eigenvalue weighted by atomic mass is 35.5. The van der Waals surface area contributed by atoms with E-state index in [1.54, 1.807) is 6.20 Å². The topological polar surface area (TPSA) is 58.1 Å². The molecule has 0 spiro atoms.